The fraction of sp³-hybridized carbons (Fsp3) is 0.0833. The minimum absolute atomic E-state index is 0.209. The van der Waals surface area contributed by atoms with Gasteiger partial charge in [-0.2, -0.15) is 0 Å². The molecule has 2 aromatic rings. The first kappa shape index (κ1) is 15.0. The number of nitrogens with zero attached hydrogens (tertiary/aromatic N) is 3. The molecule has 0 bridgehead atoms. The first-order valence-electron chi connectivity index (χ1n) is 5.98. The number of nitrogen functional groups attached to an aromatic ring is 1. The van der Waals surface area contributed by atoms with Crippen molar-refractivity contribution in [2.75, 3.05) is 18.3 Å². The van der Waals surface area contributed by atoms with E-state index in [1.165, 1.54) is 7.11 Å². The lowest BCUT2D eigenvalue weighted by Gasteiger charge is -2.08. The molecule has 0 aliphatic rings. The van der Waals surface area contributed by atoms with Crippen LogP contribution in [0.5, 0.6) is 5.75 Å². The fourth-order valence-corrected chi connectivity index (χ4v) is 1.59. The highest BCUT2D eigenvalue weighted by Gasteiger charge is 2.21. The van der Waals surface area contributed by atoms with Crippen molar-refractivity contribution in [1.29, 1.82) is 0 Å². The monoisotopic (exact) mass is 304 g/mol. The molecule has 0 aliphatic carbocycles. The number of methoxy groups -OCH3 is 1. The molecule has 0 fully saturated rings. The van der Waals surface area contributed by atoms with E-state index in [1.807, 2.05) is 0 Å². The second-order valence-corrected chi connectivity index (χ2v) is 4.02. The predicted molar refractivity (Wildman–Crippen MR) is 77.2 cm³/mol. The Morgan fingerprint density at radius 1 is 1.32 bits per heavy atom. The molecule has 1 heterocycles. The van der Waals surface area contributed by atoms with Crippen molar-refractivity contribution in [2.24, 2.45) is 0 Å². The van der Waals surface area contributed by atoms with Crippen LogP contribution in [0.4, 0.5) is 17.3 Å². The molecule has 4 N–H and O–H groups in total. The Morgan fingerprint density at radius 3 is 2.59 bits per heavy atom. The van der Waals surface area contributed by atoms with Crippen molar-refractivity contribution in [2.45, 2.75) is 0 Å². The van der Waals surface area contributed by atoms with E-state index in [0.29, 0.717) is 11.3 Å². The summed E-state index contributed by atoms with van der Waals surface area (Å²) in [6, 6.07) is 6.30. The summed E-state index contributed by atoms with van der Waals surface area (Å²) in [5, 5.41) is 10.9. The summed E-state index contributed by atoms with van der Waals surface area (Å²) in [4.78, 5) is 29.3. The SMILES string of the molecule is COc1ccc(C(=O)NNc2ncnc(N)c2[N+](=O)[O-])cc1. The number of hydrazine groups is 1. The Kier molecular flexibility index (Phi) is 4.32. The maximum Gasteiger partial charge on any atom is 0.354 e. The highest BCUT2D eigenvalue weighted by Crippen LogP contribution is 2.25. The Labute approximate surface area is 124 Å². The van der Waals surface area contributed by atoms with Crippen LogP contribution in [-0.4, -0.2) is 27.9 Å². The van der Waals surface area contributed by atoms with E-state index in [0.717, 1.165) is 6.33 Å². The van der Waals surface area contributed by atoms with Crippen LogP contribution < -0.4 is 21.3 Å². The van der Waals surface area contributed by atoms with Gasteiger partial charge in [0, 0.05) is 5.56 Å². The van der Waals surface area contributed by atoms with Gasteiger partial charge in [0.15, 0.2) is 0 Å². The van der Waals surface area contributed by atoms with Crippen LogP contribution in [0.3, 0.4) is 0 Å². The van der Waals surface area contributed by atoms with E-state index in [4.69, 9.17) is 10.5 Å². The van der Waals surface area contributed by atoms with Crippen LogP contribution in [-0.2, 0) is 0 Å². The van der Waals surface area contributed by atoms with Crippen LogP contribution in [0.15, 0.2) is 30.6 Å². The summed E-state index contributed by atoms with van der Waals surface area (Å²) < 4.78 is 4.98. The number of hydrogen-bond acceptors (Lipinski definition) is 8. The Hall–Kier alpha value is -3.43. The first-order valence-corrected chi connectivity index (χ1v) is 5.98. The number of anilines is 2. The molecule has 0 saturated heterocycles. The molecule has 0 radical (unpaired) electrons. The van der Waals surface area contributed by atoms with Crippen molar-refractivity contribution in [3.63, 3.8) is 0 Å². The van der Waals surface area contributed by atoms with E-state index in [2.05, 4.69) is 20.8 Å². The van der Waals surface area contributed by atoms with Gasteiger partial charge in [-0.25, -0.2) is 9.97 Å². The molecule has 1 aromatic heterocycles. The normalized spacial score (nSPS) is 9.86. The molecular formula is C12H12N6O4. The number of amides is 1. The lowest BCUT2D eigenvalue weighted by atomic mass is 10.2. The van der Waals surface area contributed by atoms with Gasteiger partial charge in [0.05, 0.1) is 12.0 Å². The maximum absolute atomic E-state index is 11.9. The number of carbonyl (C=O) groups is 1. The smallest absolute Gasteiger partial charge is 0.354 e. The van der Waals surface area contributed by atoms with Crippen LogP contribution in [0, 0.1) is 10.1 Å². The molecule has 0 aliphatic heterocycles. The summed E-state index contributed by atoms with van der Waals surface area (Å²) in [6.07, 6.45) is 1.05. The molecule has 10 nitrogen and oxygen atoms in total. The van der Waals surface area contributed by atoms with E-state index in [-0.39, 0.29) is 11.6 Å². The van der Waals surface area contributed by atoms with Crippen LogP contribution in [0.1, 0.15) is 10.4 Å². The van der Waals surface area contributed by atoms with E-state index in [1.54, 1.807) is 24.3 Å². The molecule has 0 unspecified atom stereocenters. The van der Waals surface area contributed by atoms with Crippen LogP contribution >= 0.6 is 0 Å². The highest BCUT2D eigenvalue weighted by atomic mass is 16.6. The summed E-state index contributed by atoms with van der Waals surface area (Å²) >= 11 is 0. The zero-order valence-corrected chi connectivity index (χ0v) is 11.4. The molecular weight excluding hydrogens is 292 g/mol. The van der Waals surface area contributed by atoms with Crippen molar-refractivity contribution >= 4 is 23.2 Å². The quantitative estimate of drug-likeness (QED) is 0.541. The van der Waals surface area contributed by atoms with Gasteiger partial charge in [0.25, 0.3) is 5.91 Å². The molecule has 22 heavy (non-hydrogen) atoms. The second kappa shape index (κ2) is 6.35. The Balaban J connectivity index is 2.11. The zero-order valence-electron chi connectivity index (χ0n) is 11.4. The minimum atomic E-state index is -0.739. The van der Waals surface area contributed by atoms with E-state index >= 15 is 0 Å². The fourth-order valence-electron chi connectivity index (χ4n) is 1.59. The zero-order chi connectivity index (χ0) is 16.1. The van der Waals surface area contributed by atoms with Gasteiger partial charge in [0.1, 0.15) is 12.1 Å². The van der Waals surface area contributed by atoms with Gasteiger partial charge in [0.2, 0.25) is 11.6 Å². The Bertz CT molecular complexity index is 703. The van der Waals surface area contributed by atoms with Gasteiger partial charge in [-0.15, -0.1) is 0 Å². The lowest BCUT2D eigenvalue weighted by Crippen LogP contribution is -2.30. The van der Waals surface area contributed by atoms with Crippen LogP contribution in [0.2, 0.25) is 0 Å². The molecule has 0 spiro atoms. The predicted octanol–water partition coefficient (Wildman–Crippen LogP) is 0.732. The molecule has 10 heteroatoms. The lowest BCUT2D eigenvalue weighted by molar-refractivity contribution is -0.383. The number of hydrogen-bond donors (Lipinski definition) is 3. The van der Waals surface area contributed by atoms with E-state index < -0.39 is 16.5 Å². The molecule has 1 amide bonds. The third-order valence-corrected chi connectivity index (χ3v) is 2.68. The number of nitrogens with two attached hydrogens (primary N) is 1. The Morgan fingerprint density at radius 2 is 2.00 bits per heavy atom. The molecule has 0 atom stereocenters. The van der Waals surface area contributed by atoms with Gasteiger partial charge in [-0.3, -0.25) is 25.8 Å². The average molecular weight is 304 g/mol. The number of carbonyl (C=O) groups excluding carboxylic acids is 1. The second-order valence-electron chi connectivity index (χ2n) is 4.02. The molecule has 2 rings (SSSR count). The third-order valence-electron chi connectivity index (χ3n) is 2.68. The number of rotatable bonds is 5. The largest absolute Gasteiger partial charge is 0.497 e. The average Bonchev–Trinajstić information content (AvgIpc) is 2.52. The molecule has 114 valence electrons. The van der Waals surface area contributed by atoms with Gasteiger partial charge in [-0.1, -0.05) is 0 Å². The summed E-state index contributed by atoms with van der Waals surface area (Å²) in [5.41, 5.74) is 9.88. The summed E-state index contributed by atoms with van der Waals surface area (Å²) in [5.74, 6) is -0.418. The molecule has 0 saturated carbocycles. The van der Waals surface area contributed by atoms with Crippen molar-refractivity contribution in [3.8, 4) is 5.75 Å². The van der Waals surface area contributed by atoms with E-state index in [9.17, 15) is 14.9 Å². The highest BCUT2D eigenvalue weighted by molar-refractivity contribution is 5.95. The number of aromatic nitrogens is 2. The van der Waals surface area contributed by atoms with Gasteiger partial charge in [-0.05, 0) is 24.3 Å². The van der Waals surface area contributed by atoms with Gasteiger partial charge >= 0.3 is 5.69 Å². The first-order chi connectivity index (χ1) is 10.5. The minimum Gasteiger partial charge on any atom is -0.497 e. The topological polar surface area (TPSA) is 145 Å². The van der Waals surface area contributed by atoms with Crippen molar-refractivity contribution in [3.05, 3.63) is 46.3 Å². The standard InChI is InChI=1S/C12H12N6O4/c1-22-8-4-2-7(3-5-8)12(19)17-16-11-9(18(20)21)10(13)14-6-15-11/h2-6H,1H3,(H,17,19)(H3,13,14,15,16). The number of benzene rings is 1. The van der Waals surface area contributed by atoms with Gasteiger partial charge < -0.3 is 10.5 Å². The number of nitro groups is 1. The molecule has 1 aromatic carbocycles. The van der Waals surface area contributed by atoms with Crippen LogP contribution in [0.25, 0.3) is 0 Å². The number of nitrogens with one attached hydrogen (secondary N) is 2. The van der Waals surface area contributed by atoms with Crippen molar-refractivity contribution < 1.29 is 14.5 Å². The van der Waals surface area contributed by atoms with Crippen molar-refractivity contribution in [1.82, 2.24) is 15.4 Å². The maximum atomic E-state index is 11.9. The summed E-state index contributed by atoms with van der Waals surface area (Å²) in [7, 11) is 1.51. The number of ether oxygens (including phenoxy) is 1. The summed E-state index contributed by atoms with van der Waals surface area (Å²) in [6.45, 7) is 0. The third kappa shape index (κ3) is 3.17.